The molecule has 0 fully saturated rings. The largest absolute Gasteiger partial charge is 0.478 e. The molecule has 0 unspecified atom stereocenters. The van der Waals surface area contributed by atoms with Crippen molar-refractivity contribution in [1.82, 2.24) is 15.0 Å². The number of carboxylic acids is 1. The van der Waals surface area contributed by atoms with E-state index >= 15 is 0 Å². The summed E-state index contributed by atoms with van der Waals surface area (Å²) in [6.45, 7) is 2.53. The molecule has 20 heavy (non-hydrogen) atoms. The number of carboxylic acid groups (broad SMARTS) is 1. The number of aromatic carboxylic acids is 1. The third-order valence-corrected chi connectivity index (χ3v) is 2.77. The van der Waals surface area contributed by atoms with Crippen LogP contribution in [0.25, 0.3) is 11.3 Å². The van der Waals surface area contributed by atoms with Crippen molar-refractivity contribution in [2.45, 2.75) is 19.9 Å². The maximum atomic E-state index is 11.1. The molecule has 0 amide bonds. The smallest absolute Gasteiger partial charge is 0.335 e. The Hall–Kier alpha value is -2.77. The summed E-state index contributed by atoms with van der Waals surface area (Å²) in [6, 6.07) is 3.78. The van der Waals surface area contributed by atoms with Crippen LogP contribution < -0.4 is 0 Å². The van der Waals surface area contributed by atoms with Crippen LogP contribution in [-0.2, 0) is 6.54 Å². The van der Waals surface area contributed by atoms with Gasteiger partial charge in [0.25, 0.3) is 5.69 Å². The first-order valence-electron chi connectivity index (χ1n) is 5.95. The van der Waals surface area contributed by atoms with Crippen LogP contribution >= 0.6 is 0 Å². The first-order chi connectivity index (χ1) is 9.54. The number of aryl methyl sites for hydroxylation is 1. The van der Waals surface area contributed by atoms with Gasteiger partial charge in [-0.3, -0.25) is 10.1 Å². The number of nitrogens with zero attached hydrogens (tertiary/aromatic N) is 4. The van der Waals surface area contributed by atoms with Crippen LogP contribution in [0.1, 0.15) is 23.7 Å². The van der Waals surface area contributed by atoms with E-state index in [0.717, 1.165) is 12.5 Å². The van der Waals surface area contributed by atoms with Gasteiger partial charge in [-0.25, -0.2) is 9.48 Å². The minimum atomic E-state index is -1.21. The number of benzene rings is 1. The fourth-order valence-corrected chi connectivity index (χ4v) is 1.88. The fourth-order valence-electron chi connectivity index (χ4n) is 1.88. The highest BCUT2D eigenvalue weighted by Gasteiger charge is 2.21. The summed E-state index contributed by atoms with van der Waals surface area (Å²) in [5, 5.41) is 27.6. The Morgan fingerprint density at radius 3 is 2.85 bits per heavy atom. The fraction of sp³-hybridized carbons (Fsp3) is 0.250. The quantitative estimate of drug-likeness (QED) is 0.660. The van der Waals surface area contributed by atoms with Crippen molar-refractivity contribution >= 4 is 11.7 Å². The average Bonchev–Trinajstić information content (AvgIpc) is 2.86. The van der Waals surface area contributed by atoms with E-state index in [1.165, 1.54) is 18.3 Å². The van der Waals surface area contributed by atoms with Gasteiger partial charge in [0.05, 0.1) is 27.9 Å². The van der Waals surface area contributed by atoms with Crippen molar-refractivity contribution in [2.24, 2.45) is 0 Å². The van der Waals surface area contributed by atoms with Crippen LogP contribution in [-0.4, -0.2) is 31.0 Å². The van der Waals surface area contributed by atoms with Gasteiger partial charge in [-0.1, -0.05) is 12.1 Å². The third kappa shape index (κ3) is 2.48. The van der Waals surface area contributed by atoms with Crippen LogP contribution in [0, 0.1) is 10.1 Å². The number of aromatic nitrogens is 3. The molecule has 8 heteroatoms. The minimum absolute atomic E-state index is 0.130. The molecule has 104 valence electrons. The van der Waals surface area contributed by atoms with Crippen LogP contribution in [0.3, 0.4) is 0 Å². The summed E-state index contributed by atoms with van der Waals surface area (Å²) >= 11 is 0. The summed E-state index contributed by atoms with van der Waals surface area (Å²) in [7, 11) is 0. The van der Waals surface area contributed by atoms with E-state index in [1.807, 2.05) is 6.92 Å². The molecule has 0 aliphatic heterocycles. The summed E-state index contributed by atoms with van der Waals surface area (Å²) in [5.41, 5.74) is 0.397. The monoisotopic (exact) mass is 276 g/mol. The van der Waals surface area contributed by atoms with Crippen molar-refractivity contribution < 1.29 is 14.8 Å². The van der Waals surface area contributed by atoms with Crippen molar-refractivity contribution in [3.63, 3.8) is 0 Å². The molecule has 0 bridgehead atoms. The number of hydrogen-bond donors (Lipinski definition) is 1. The molecule has 0 saturated heterocycles. The Morgan fingerprint density at radius 2 is 2.25 bits per heavy atom. The van der Waals surface area contributed by atoms with Crippen molar-refractivity contribution in [1.29, 1.82) is 0 Å². The van der Waals surface area contributed by atoms with E-state index in [2.05, 4.69) is 10.3 Å². The minimum Gasteiger partial charge on any atom is -0.478 e. The molecule has 1 heterocycles. The van der Waals surface area contributed by atoms with Gasteiger partial charge in [0, 0.05) is 12.6 Å². The molecule has 1 aromatic heterocycles. The molecular formula is C12H12N4O4. The van der Waals surface area contributed by atoms with Gasteiger partial charge in [-0.2, -0.15) is 0 Å². The lowest BCUT2D eigenvalue weighted by Gasteiger charge is -2.06. The third-order valence-electron chi connectivity index (χ3n) is 2.77. The van der Waals surface area contributed by atoms with Gasteiger partial charge in [0.15, 0.2) is 0 Å². The molecule has 0 spiro atoms. The number of nitro groups is 1. The van der Waals surface area contributed by atoms with Gasteiger partial charge in [-0.05, 0) is 18.6 Å². The summed E-state index contributed by atoms with van der Waals surface area (Å²) < 4.78 is 1.56. The van der Waals surface area contributed by atoms with Gasteiger partial charge >= 0.3 is 5.97 Å². The van der Waals surface area contributed by atoms with Crippen LogP contribution in [0.5, 0.6) is 0 Å². The predicted molar refractivity (Wildman–Crippen MR) is 69.4 cm³/mol. The topological polar surface area (TPSA) is 111 Å². The lowest BCUT2D eigenvalue weighted by atomic mass is 10.1. The SMILES string of the molecule is CCCn1nncc1-c1ccc(C(=O)O)cc1[N+](=O)[O-]. The molecule has 2 rings (SSSR count). The Balaban J connectivity index is 2.58. The number of carbonyl (C=O) groups is 1. The Bertz CT molecular complexity index is 665. The molecule has 0 saturated carbocycles. The lowest BCUT2D eigenvalue weighted by molar-refractivity contribution is -0.384. The zero-order valence-corrected chi connectivity index (χ0v) is 10.7. The summed E-state index contributed by atoms with van der Waals surface area (Å²) in [5.74, 6) is -1.21. The molecular weight excluding hydrogens is 264 g/mol. The van der Waals surface area contributed by atoms with E-state index < -0.39 is 10.9 Å². The Kier molecular flexibility index (Phi) is 3.74. The molecule has 0 radical (unpaired) electrons. The Morgan fingerprint density at radius 1 is 1.50 bits per heavy atom. The molecule has 8 nitrogen and oxygen atoms in total. The number of nitro benzene ring substituents is 1. The highest BCUT2D eigenvalue weighted by atomic mass is 16.6. The maximum Gasteiger partial charge on any atom is 0.335 e. The molecule has 0 atom stereocenters. The second-order valence-electron chi connectivity index (χ2n) is 4.14. The van der Waals surface area contributed by atoms with Gasteiger partial charge in [0.2, 0.25) is 0 Å². The molecule has 1 aromatic carbocycles. The first-order valence-corrected chi connectivity index (χ1v) is 5.95. The molecule has 2 aromatic rings. The van der Waals surface area contributed by atoms with E-state index in [0.29, 0.717) is 17.8 Å². The van der Waals surface area contributed by atoms with Crippen molar-refractivity contribution in [3.05, 3.63) is 40.1 Å². The average molecular weight is 276 g/mol. The Labute approximate surface area is 113 Å². The number of rotatable bonds is 5. The number of hydrogen-bond acceptors (Lipinski definition) is 5. The lowest BCUT2D eigenvalue weighted by Crippen LogP contribution is -2.04. The summed E-state index contributed by atoms with van der Waals surface area (Å²) in [6.07, 6.45) is 2.23. The van der Waals surface area contributed by atoms with Crippen LogP contribution in [0.15, 0.2) is 24.4 Å². The zero-order chi connectivity index (χ0) is 14.7. The normalized spacial score (nSPS) is 10.4. The van der Waals surface area contributed by atoms with E-state index in [1.54, 1.807) is 4.68 Å². The van der Waals surface area contributed by atoms with Crippen molar-refractivity contribution in [2.75, 3.05) is 0 Å². The molecule has 0 aliphatic rings. The van der Waals surface area contributed by atoms with Crippen LogP contribution in [0.2, 0.25) is 0 Å². The molecule has 1 N–H and O–H groups in total. The standard InChI is InChI=1S/C12H12N4O4/c1-2-5-15-11(7-13-14-15)9-4-3-8(12(17)18)6-10(9)16(19)20/h3-4,6-7H,2,5H2,1H3,(H,17,18). The molecule has 0 aliphatic carbocycles. The maximum absolute atomic E-state index is 11.1. The second-order valence-corrected chi connectivity index (χ2v) is 4.14. The second kappa shape index (κ2) is 5.47. The van der Waals surface area contributed by atoms with E-state index in [4.69, 9.17) is 5.11 Å². The van der Waals surface area contributed by atoms with Gasteiger partial charge in [-0.15, -0.1) is 5.10 Å². The van der Waals surface area contributed by atoms with Gasteiger partial charge in [0.1, 0.15) is 0 Å². The summed E-state index contributed by atoms with van der Waals surface area (Å²) in [4.78, 5) is 21.4. The van der Waals surface area contributed by atoms with E-state index in [-0.39, 0.29) is 11.3 Å². The van der Waals surface area contributed by atoms with Gasteiger partial charge < -0.3 is 5.11 Å². The van der Waals surface area contributed by atoms with Crippen molar-refractivity contribution in [3.8, 4) is 11.3 Å². The highest BCUT2D eigenvalue weighted by Crippen LogP contribution is 2.30. The van der Waals surface area contributed by atoms with E-state index in [9.17, 15) is 14.9 Å². The zero-order valence-electron chi connectivity index (χ0n) is 10.7. The van der Waals surface area contributed by atoms with Crippen LogP contribution in [0.4, 0.5) is 5.69 Å². The predicted octanol–water partition coefficient (Wildman–Crippen LogP) is 1.96. The first kappa shape index (κ1) is 13.7. The highest BCUT2D eigenvalue weighted by molar-refractivity contribution is 5.90.